The Morgan fingerprint density at radius 3 is 2.63 bits per heavy atom. The Hall–Kier alpha value is -1.54. The predicted octanol–water partition coefficient (Wildman–Crippen LogP) is 3.69. The fourth-order valence-electron chi connectivity index (χ4n) is 3.02. The van der Waals surface area contributed by atoms with Gasteiger partial charge in [-0.2, -0.15) is 0 Å². The molecule has 27 heavy (non-hydrogen) atoms. The van der Waals surface area contributed by atoms with Gasteiger partial charge in [-0.3, -0.25) is 14.5 Å². The molecule has 5 nitrogen and oxygen atoms in total. The number of carbonyl (C=O) groups is 2. The second kappa shape index (κ2) is 9.59. The largest absolute Gasteiger partial charge is 0.365 e. The molecule has 1 aliphatic heterocycles. The minimum atomic E-state index is -0.464. The maximum atomic E-state index is 12.4. The number of nitrogens with one attached hydrogen (secondary N) is 1. The van der Waals surface area contributed by atoms with Crippen molar-refractivity contribution in [3.05, 3.63) is 45.8 Å². The van der Waals surface area contributed by atoms with Gasteiger partial charge in [0.05, 0.1) is 11.3 Å². The number of benzene rings is 1. The molecule has 3 rings (SSSR count). The monoisotopic (exact) mass is 425 g/mol. The standard InChI is InChI=1S/C19H23N3O2S2.ClH/c1-3-22-9-8-14-15(10-22)26-19(17(14)18(20)24)21-16(23)11-25-13-6-4-12(2)5-7-13;/h4-7H,3,8-11H2,1-2H3,(H2,20,24)(H,21,23);1H. The minimum absolute atomic E-state index is 0. The number of hydrogen-bond acceptors (Lipinski definition) is 5. The van der Waals surface area contributed by atoms with Gasteiger partial charge in [0.25, 0.3) is 5.91 Å². The molecule has 146 valence electrons. The maximum absolute atomic E-state index is 12.4. The lowest BCUT2D eigenvalue weighted by atomic mass is 10.0. The first-order chi connectivity index (χ1) is 12.5. The van der Waals surface area contributed by atoms with Gasteiger partial charge in [-0.1, -0.05) is 24.6 Å². The number of amides is 2. The molecule has 1 aromatic carbocycles. The van der Waals surface area contributed by atoms with Gasteiger partial charge in [0.2, 0.25) is 5.91 Å². The molecule has 8 heteroatoms. The van der Waals surface area contributed by atoms with E-state index in [4.69, 9.17) is 5.73 Å². The van der Waals surface area contributed by atoms with Crippen molar-refractivity contribution in [2.45, 2.75) is 31.7 Å². The van der Waals surface area contributed by atoms with Crippen LogP contribution in [0.4, 0.5) is 5.00 Å². The third kappa shape index (κ3) is 5.25. The minimum Gasteiger partial charge on any atom is -0.365 e. The summed E-state index contributed by atoms with van der Waals surface area (Å²) in [5, 5.41) is 3.50. The Morgan fingerprint density at radius 1 is 1.30 bits per heavy atom. The van der Waals surface area contributed by atoms with Crippen molar-refractivity contribution in [1.29, 1.82) is 0 Å². The molecule has 0 aliphatic carbocycles. The van der Waals surface area contributed by atoms with Gasteiger partial charge in [0.1, 0.15) is 5.00 Å². The number of fused-ring (bicyclic) bond motifs is 1. The first-order valence-electron chi connectivity index (χ1n) is 8.64. The number of nitrogens with two attached hydrogens (primary N) is 1. The lowest BCUT2D eigenvalue weighted by Gasteiger charge is -2.25. The zero-order valence-electron chi connectivity index (χ0n) is 15.4. The molecule has 1 aromatic heterocycles. The van der Waals surface area contributed by atoms with Crippen molar-refractivity contribution >= 4 is 52.3 Å². The average Bonchev–Trinajstić information content (AvgIpc) is 2.98. The van der Waals surface area contributed by atoms with Crippen molar-refractivity contribution < 1.29 is 9.59 Å². The van der Waals surface area contributed by atoms with Crippen LogP contribution in [0.2, 0.25) is 0 Å². The molecule has 0 bridgehead atoms. The van der Waals surface area contributed by atoms with Crippen LogP contribution in [0.1, 0.15) is 33.3 Å². The molecule has 2 amide bonds. The number of anilines is 1. The molecular formula is C19H24ClN3O2S2. The summed E-state index contributed by atoms with van der Waals surface area (Å²) in [4.78, 5) is 28.8. The topological polar surface area (TPSA) is 75.4 Å². The molecule has 2 heterocycles. The van der Waals surface area contributed by atoms with E-state index in [2.05, 4.69) is 17.1 Å². The van der Waals surface area contributed by atoms with E-state index in [1.807, 2.05) is 31.2 Å². The molecular weight excluding hydrogens is 402 g/mol. The van der Waals surface area contributed by atoms with Gasteiger partial charge in [0, 0.05) is 22.9 Å². The van der Waals surface area contributed by atoms with Crippen LogP contribution in [0.5, 0.6) is 0 Å². The van der Waals surface area contributed by atoms with Gasteiger partial charge in [-0.25, -0.2) is 0 Å². The lowest BCUT2D eigenvalue weighted by Crippen LogP contribution is -2.30. The van der Waals surface area contributed by atoms with Crippen LogP contribution in [-0.2, 0) is 17.8 Å². The fourth-order valence-corrected chi connectivity index (χ4v) is 5.03. The zero-order chi connectivity index (χ0) is 18.7. The first-order valence-corrected chi connectivity index (χ1v) is 10.4. The van der Waals surface area contributed by atoms with Crippen LogP contribution in [0.25, 0.3) is 0 Å². The zero-order valence-corrected chi connectivity index (χ0v) is 17.9. The molecule has 2 aromatic rings. The Kier molecular flexibility index (Phi) is 7.73. The van der Waals surface area contributed by atoms with Gasteiger partial charge < -0.3 is 11.1 Å². The number of aryl methyl sites for hydroxylation is 1. The highest BCUT2D eigenvalue weighted by molar-refractivity contribution is 8.00. The van der Waals surface area contributed by atoms with Crippen LogP contribution in [-0.4, -0.2) is 35.6 Å². The summed E-state index contributed by atoms with van der Waals surface area (Å²) in [6.07, 6.45) is 0.798. The van der Waals surface area contributed by atoms with Gasteiger partial charge in [-0.05, 0) is 37.6 Å². The van der Waals surface area contributed by atoms with Crippen LogP contribution in [0.15, 0.2) is 29.2 Å². The summed E-state index contributed by atoms with van der Waals surface area (Å²) >= 11 is 2.96. The molecule has 0 fully saturated rings. The molecule has 1 aliphatic rings. The van der Waals surface area contributed by atoms with Crippen molar-refractivity contribution in [2.75, 3.05) is 24.2 Å². The molecule has 0 unspecified atom stereocenters. The van der Waals surface area contributed by atoms with E-state index >= 15 is 0 Å². The van der Waals surface area contributed by atoms with E-state index in [-0.39, 0.29) is 18.3 Å². The summed E-state index contributed by atoms with van der Waals surface area (Å²) < 4.78 is 0. The number of carbonyl (C=O) groups excluding carboxylic acids is 2. The van der Waals surface area contributed by atoms with Crippen LogP contribution >= 0.6 is 35.5 Å². The van der Waals surface area contributed by atoms with Crippen molar-refractivity contribution in [1.82, 2.24) is 4.90 Å². The van der Waals surface area contributed by atoms with Gasteiger partial charge in [0.15, 0.2) is 0 Å². The third-order valence-electron chi connectivity index (χ3n) is 4.47. The summed E-state index contributed by atoms with van der Waals surface area (Å²) in [5.41, 5.74) is 8.30. The summed E-state index contributed by atoms with van der Waals surface area (Å²) in [7, 11) is 0. The third-order valence-corrected chi connectivity index (χ3v) is 6.62. The summed E-state index contributed by atoms with van der Waals surface area (Å²) in [6.45, 7) is 6.85. The Bertz CT molecular complexity index is 821. The highest BCUT2D eigenvalue weighted by Gasteiger charge is 2.27. The van der Waals surface area contributed by atoms with Crippen molar-refractivity contribution in [3.8, 4) is 0 Å². The van der Waals surface area contributed by atoms with E-state index in [0.29, 0.717) is 16.3 Å². The number of thiophene rings is 1. The molecule has 3 N–H and O–H groups in total. The van der Waals surface area contributed by atoms with Crippen molar-refractivity contribution in [2.24, 2.45) is 5.73 Å². The molecule has 0 saturated carbocycles. The summed E-state index contributed by atoms with van der Waals surface area (Å²) in [6, 6.07) is 8.06. The number of thioether (sulfide) groups is 1. The maximum Gasteiger partial charge on any atom is 0.251 e. The van der Waals surface area contributed by atoms with Gasteiger partial charge in [-0.15, -0.1) is 35.5 Å². The second-order valence-corrected chi connectivity index (χ2v) is 8.49. The SMILES string of the molecule is CCN1CCc2c(sc(NC(=O)CSc3ccc(C)cc3)c2C(N)=O)C1.Cl. The number of hydrogen-bond donors (Lipinski definition) is 2. The van der Waals surface area contributed by atoms with E-state index in [1.54, 1.807) is 0 Å². The Morgan fingerprint density at radius 2 is 2.00 bits per heavy atom. The van der Waals surface area contributed by atoms with E-state index in [0.717, 1.165) is 41.4 Å². The number of primary amides is 1. The van der Waals surface area contributed by atoms with Crippen LogP contribution in [0, 0.1) is 6.92 Å². The number of nitrogens with zero attached hydrogens (tertiary/aromatic N) is 1. The lowest BCUT2D eigenvalue weighted by molar-refractivity contribution is -0.113. The Balaban J connectivity index is 0.00000261. The van der Waals surface area contributed by atoms with Crippen LogP contribution < -0.4 is 11.1 Å². The molecule has 0 spiro atoms. The first kappa shape index (κ1) is 21.8. The Labute approximate surface area is 174 Å². The van der Waals surface area contributed by atoms with Crippen molar-refractivity contribution in [3.63, 3.8) is 0 Å². The molecule has 0 atom stereocenters. The molecule has 0 saturated heterocycles. The number of rotatable bonds is 6. The quantitative estimate of drug-likeness (QED) is 0.692. The number of halogens is 1. The highest BCUT2D eigenvalue weighted by atomic mass is 35.5. The van der Waals surface area contributed by atoms with Gasteiger partial charge >= 0.3 is 0 Å². The smallest absolute Gasteiger partial charge is 0.251 e. The average molecular weight is 426 g/mol. The summed E-state index contributed by atoms with van der Waals surface area (Å²) in [5.74, 6) is -0.289. The second-order valence-electron chi connectivity index (χ2n) is 6.34. The highest BCUT2D eigenvalue weighted by Crippen LogP contribution is 2.37. The molecule has 0 radical (unpaired) electrons. The van der Waals surface area contributed by atoms with Crippen LogP contribution in [0.3, 0.4) is 0 Å². The van der Waals surface area contributed by atoms with E-state index in [1.165, 1.54) is 28.7 Å². The van der Waals surface area contributed by atoms with E-state index < -0.39 is 5.91 Å². The predicted molar refractivity (Wildman–Crippen MR) is 115 cm³/mol. The fraction of sp³-hybridized carbons (Fsp3) is 0.368. The van der Waals surface area contributed by atoms with E-state index in [9.17, 15) is 9.59 Å². The normalized spacial score (nSPS) is 13.6. The number of likely N-dealkylation sites (N-methyl/N-ethyl adjacent to an activating group) is 1.